The molecule has 2 N–H and O–H groups in total. The molecule has 0 radical (unpaired) electrons. The van der Waals surface area contributed by atoms with Crippen molar-refractivity contribution in [3.8, 4) is 5.75 Å². The van der Waals surface area contributed by atoms with Crippen LogP contribution in [0.3, 0.4) is 0 Å². The number of benzene rings is 1. The van der Waals surface area contributed by atoms with Crippen molar-refractivity contribution in [1.29, 1.82) is 0 Å². The summed E-state index contributed by atoms with van der Waals surface area (Å²) >= 11 is 1.64. The standard InChI is InChI=1S/C19H18N2O4S/c1-13(20-19(23)14-8-9-24-11-14)18(22)21-15-4-6-16(7-5-15)25-12-17-3-2-10-26-17/h2-11,13H,12H2,1H3,(H,20,23)(H,21,22). The van der Waals surface area contributed by atoms with E-state index >= 15 is 0 Å². The second kappa shape index (κ2) is 8.35. The summed E-state index contributed by atoms with van der Waals surface area (Å²) in [6.45, 7) is 2.13. The lowest BCUT2D eigenvalue weighted by Gasteiger charge is -2.14. The van der Waals surface area contributed by atoms with E-state index in [1.54, 1.807) is 42.5 Å². The number of amides is 2. The summed E-state index contributed by atoms with van der Waals surface area (Å²) in [6, 6.07) is 11.9. The van der Waals surface area contributed by atoms with Crippen LogP contribution in [-0.2, 0) is 11.4 Å². The van der Waals surface area contributed by atoms with Gasteiger partial charge in [0, 0.05) is 10.6 Å². The van der Waals surface area contributed by atoms with Gasteiger partial charge < -0.3 is 19.8 Å². The van der Waals surface area contributed by atoms with Crippen LogP contribution in [0.15, 0.2) is 64.8 Å². The van der Waals surface area contributed by atoms with Gasteiger partial charge in [-0.15, -0.1) is 11.3 Å². The number of anilines is 1. The lowest BCUT2D eigenvalue weighted by molar-refractivity contribution is -0.117. The third kappa shape index (κ3) is 4.73. The zero-order valence-electron chi connectivity index (χ0n) is 14.1. The lowest BCUT2D eigenvalue weighted by Crippen LogP contribution is -2.41. The van der Waals surface area contributed by atoms with Gasteiger partial charge in [0.2, 0.25) is 5.91 Å². The van der Waals surface area contributed by atoms with Gasteiger partial charge in [-0.05, 0) is 48.7 Å². The Labute approximate surface area is 154 Å². The second-order valence-electron chi connectivity index (χ2n) is 5.59. The average Bonchev–Trinajstić information content (AvgIpc) is 3.35. The summed E-state index contributed by atoms with van der Waals surface area (Å²) < 4.78 is 10.5. The summed E-state index contributed by atoms with van der Waals surface area (Å²) in [5.41, 5.74) is 1.000. The maximum Gasteiger partial charge on any atom is 0.255 e. The van der Waals surface area contributed by atoms with E-state index in [-0.39, 0.29) is 11.8 Å². The first-order valence-corrected chi connectivity index (χ1v) is 8.89. The topological polar surface area (TPSA) is 80.6 Å². The quantitative estimate of drug-likeness (QED) is 0.665. The van der Waals surface area contributed by atoms with E-state index in [0.717, 1.165) is 10.6 Å². The van der Waals surface area contributed by atoms with Gasteiger partial charge in [0.05, 0.1) is 11.8 Å². The number of nitrogens with one attached hydrogen (secondary N) is 2. The molecule has 3 aromatic rings. The number of carbonyl (C=O) groups excluding carboxylic acids is 2. The molecule has 1 aromatic carbocycles. The van der Waals surface area contributed by atoms with Gasteiger partial charge >= 0.3 is 0 Å². The van der Waals surface area contributed by atoms with Crippen molar-refractivity contribution in [2.24, 2.45) is 0 Å². The summed E-state index contributed by atoms with van der Waals surface area (Å²) in [5.74, 6) is 0.0468. The van der Waals surface area contributed by atoms with Crippen molar-refractivity contribution in [3.05, 3.63) is 70.8 Å². The molecule has 6 nitrogen and oxygen atoms in total. The largest absolute Gasteiger partial charge is 0.488 e. The Balaban J connectivity index is 1.49. The molecule has 7 heteroatoms. The number of ether oxygens (including phenoxy) is 1. The predicted octanol–water partition coefficient (Wildman–Crippen LogP) is 3.68. The van der Waals surface area contributed by atoms with Crippen LogP contribution in [0.4, 0.5) is 5.69 Å². The molecule has 2 aromatic heterocycles. The van der Waals surface area contributed by atoms with Crippen molar-refractivity contribution in [2.75, 3.05) is 5.32 Å². The fraction of sp³-hybridized carbons (Fsp3) is 0.158. The molecule has 0 fully saturated rings. The van der Waals surface area contributed by atoms with E-state index in [0.29, 0.717) is 17.9 Å². The molecule has 3 rings (SSSR count). The van der Waals surface area contributed by atoms with Gasteiger partial charge in [-0.2, -0.15) is 0 Å². The van der Waals surface area contributed by atoms with E-state index in [1.807, 2.05) is 17.5 Å². The third-order valence-corrected chi connectivity index (χ3v) is 4.46. The molecule has 134 valence electrons. The van der Waals surface area contributed by atoms with Gasteiger partial charge in [0.1, 0.15) is 24.7 Å². The van der Waals surface area contributed by atoms with Gasteiger partial charge in [0.15, 0.2) is 0 Å². The first kappa shape index (κ1) is 17.8. The molecule has 0 aliphatic carbocycles. The van der Waals surface area contributed by atoms with Crippen LogP contribution in [0, 0.1) is 0 Å². The highest BCUT2D eigenvalue weighted by Crippen LogP contribution is 2.18. The predicted molar refractivity (Wildman–Crippen MR) is 99.4 cm³/mol. The van der Waals surface area contributed by atoms with Crippen LogP contribution in [0.1, 0.15) is 22.2 Å². The Bertz CT molecular complexity index is 842. The Kier molecular flexibility index (Phi) is 5.70. The third-order valence-electron chi connectivity index (χ3n) is 3.61. The normalized spacial score (nSPS) is 11.6. The first-order chi connectivity index (χ1) is 12.6. The number of hydrogen-bond donors (Lipinski definition) is 2. The van der Waals surface area contributed by atoms with Crippen LogP contribution in [0.5, 0.6) is 5.75 Å². The van der Waals surface area contributed by atoms with Crippen LogP contribution in [0.2, 0.25) is 0 Å². The molecule has 0 aliphatic rings. The molecule has 0 bridgehead atoms. The Hall–Kier alpha value is -3.06. The summed E-state index contributed by atoms with van der Waals surface area (Å²) in [6.07, 6.45) is 2.73. The molecular weight excluding hydrogens is 352 g/mol. The Morgan fingerprint density at radius 3 is 2.65 bits per heavy atom. The number of thiophene rings is 1. The second-order valence-corrected chi connectivity index (χ2v) is 6.62. The van der Waals surface area contributed by atoms with Crippen molar-refractivity contribution < 1.29 is 18.7 Å². The van der Waals surface area contributed by atoms with Crippen molar-refractivity contribution in [3.63, 3.8) is 0 Å². The molecule has 0 saturated heterocycles. The van der Waals surface area contributed by atoms with Crippen molar-refractivity contribution >= 4 is 28.8 Å². The summed E-state index contributed by atoms with van der Waals surface area (Å²) in [5, 5.41) is 7.38. The minimum atomic E-state index is -0.688. The van der Waals surface area contributed by atoms with Gasteiger partial charge in [-0.3, -0.25) is 9.59 Å². The van der Waals surface area contributed by atoms with E-state index in [2.05, 4.69) is 10.6 Å². The van der Waals surface area contributed by atoms with Crippen LogP contribution >= 0.6 is 11.3 Å². The maximum absolute atomic E-state index is 12.2. The minimum absolute atomic E-state index is 0.311. The van der Waals surface area contributed by atoms with Crippen LogP contribution in [-0.4, -0.2) is 17.9 Å². The zero-order chi connectivity index (χ0) is 18.4. The summed E-state index contributed by atoms with van der Waals surface area (Å²) in [4.78, 5) is 25.3. The fourth-order valence-electron chi connectivity index (χ4n) is 2.17. The lowest BCUT2D eigenvalue weighted by atomic mass is 10.2. The van der Waals surface area contributed by atoms with Crippen molar-refractivity contribution in [2.45, 2.75) is 19.6 Å². The molecule has 2 amide bonds. The molecule has 1 unspecified atom stereocenters. The highest BCUT2D eigenvalue weighted by atomic mass is 32.1. The van der Waals surface area contributed by atoms with Gasteiger partial charge in [0.25, 0.3) is 5.91 Å². The minimum Gasteiger partial charge on any atom is -0.488 e. The highest BCUT2D eigenvalue weighted by Gasteiger charge is 2.17. The smallest absolute Gasteiger partial charge is 0.255 e. The fourth-order valence-corrected chi connectivity index (χ4v) is 2.79. The number of furan rings is 1. The number of carbonyl (C=O) groups is 2. The van der Waals surface area contributed by atoms with Crippen molar-refractivity contribution in [1.82, 2.24) is 5.32 Å². The van der Waals surface area contributed by atoms with Gasteiger partial charge in [-0.25, -0.2) is 0 Å². The molecule has 1 atom stereocenters. The van der Waals surface area contributed by atoms with E-state index < -0.39 is 6.04 Å². The van der Waals surface area contributed by atoms with E-state index in [1.165, 1.54) is 18.6 Å². The molecule has 2 heterocycles. The summed E-state index contributed by atoms with van der Waals surface area (Å²) in [7, 11) is 0. The van der Waals surface area contributed by atoms with Crippen LogP contribution < -0.4 is 15.4 Å². The monoisotopic (exact) mass is 370 g/mol. The highest BCUT2D eigenvalue weighted by molar-refractivity contribution is 7.09. The van der Waals surface area contributed by atoms with Gasteiger partial charge in [-0.1, -0.05) is 6.07 Å². The molecule has 0 saturated carbocycles. The molecular formula is C19H18N2O4S. The zero-order valence-corrected chi connectivity index (χ0v) is 14.9. The number of rotatable bonds is 7. The first-order valence-electron chi connectivity index (χ1n) is 8.01. The maximum atomic E-state index is 12.2. The average molecular weight is 370 g/mol. The van der Waals surface area contributed by atoms with E-state index in [9.17, 15) is 9.59 Å². The molecule has 26 heavy (non-hydrogen) atoms. The van der Waals surface area contributed by atoms with Crippen LogP contribution in [0.25, 0.3) is 0 Å². The number of hydrogen-bond acceptors (Lipinski definition) is 5. The Morgan fingerprint density at radius 2 is 2.00 bits per heavy atom. The SMILES string of the molecule is CC(NC(=O)c1ccoc1)C(=O)Nc1ccc(OCc2cccs2)cc1. The molecule has 0 spiro atoms. The Morgan fingerprint density at radius 1 is 1.19 bits per heavy atom. The molecule has 0 aliphatic heterocycles. The van der Waals surface area contributed by atoms with E-state index in [4.69, 9.17) is 9.15 Å².